The van der Waals surface area contributed by atoms with E-state index in [9.17, 15) is 0 Å². The number of nitrogens with zero attached hydrogens (tertiary/aromatic N) is 3. The molecule has 0 bridgehead atoms. The van der Waals surface area contributed by atoms with Crippen LogP contribution in [0.1, 0.15) is 22.6 Å². The van der Waals surface area contributed by atoms with Gasteiger partial charge in [-0.1, -0.05) is 22.9 Å². The van der Waals surface area contributed by atoms with Gasteiger partial charge in [-0.25, -0.2) is 0 Å². The fourth-order valence-corrected chi connectivity index (χ4v) is 2.03. The van der Waals surface area contributed by atoms with Gasteiger partial charge in [-0.15, -0.1) is 0 Å². The molecule has 1 aromatic heterocycles. The van der Waals surface area contributed by atoms with Crippen molar-refractivity contribution in [3.05, 3.63) is 34.7 Å². The maximum atomic E-state index is 8.57. The van der Waals surface area contributed by atoms with E-state index in [1.165, 1.54) is 5.56 Å². The van der Waals surface area contributed by atoms with Gasteiger partial charge in [0.2, 0.25) is 11.7 Å². The van der Waals surface area contributed by atoms with Gasteiger partial charge < -0.3 is 4.52 Å². The van der Waals surface area contributed by atoms with E-state index in [2.05, 4.69) is 29.2 Å². The van der Waals surface area contributed by atoms with Crippen molar-refractivity contribution < 1.29 is 4.52 Å². The lowest BCUT2D eigenvalue weighted by atomic mass is 9.99. The van der Waals surface area contributed by atoms with Crippen molar-refractivity contribution in [3.63, 3.8) is 0 Å². The van der Waals surface area contributed by atoms with Gasteiger partial charge >= 0.3 is 0 Å². The van der Waals surface area contributed by atoms with E-state index in [4.69, 9.17) is 9.78 Å². The average Bonchev–Trinajstić information content (AvgIpc) is 2.65. The summed E-state index contributed by atoms with van der Waals surface area (Å²) in [4.78, 5) is 4.22. The first-order valence-electron chi connectivity index (χ1n) is 5.39. The number of nitriles is 1. The van der Waals surface area contributed by atoms with Crippen LogP contribution in [0.15, 0.2) is 16.7 Å². The van der Waals surface area contributed by atoms with E-state index in [1.807, 2.05) is 19.9 Å². The van der Waals surface area contributed by atoms with E-state index in [1.54, 1.807) is 0 Å². The van der Waals surface area contributed by atoms with Gasteiger partial charge in [-0.2, -0.15) is 10.2 Å². The van der Waals surface area contributed by atoms with Gasteiger partial charge in [-0.3, -0.25) is 0 Å². The summed E-state index contributed by atoms with van der Waals surface area (Å²) in [6.07, 6.45) is 0.150. The number of benzene rings is 1. The second kappa shape index (κ2) is 4.38. The molecule has 0 aliphatic heterocycles. The molecule has 1 heterocycles. The molecule has 0 aliphatic carbocycles. The zero-order valence-electron chi connectivity index (χ0n) is 10.1. The molecule has 0 saturated carbocycles. The van der Waals surface area contributed by atoms with Crippen molar-refractivity contribution in [1.82, 2.24) is 10.1 Å². The molecule has 86 valence electrons. The third-order valence-electron chi connectivity index (χ3n) is 2.60. The van der Waals surface area contributed by atoms with Gasteiger partial charge in [-0.05, 0) is 31.9 Å². The zero-order valence-corrected chi connectivity index (χ0v) is 10.1. The van der Waals surface area contributed by atoms with Crippen molar-refractivity contribution in [3.8, 4) is 17.5 Å². The molecule has 0 amide bonds. The average molecular weight is 227 g/mol. The van der Waals surface area contributed by atoms with Crippen LogP contribution >= 0.6 is 0 Å². The Balaban J connectivity index is 2.49. The molecule has 0 N–H and O–H groups in total. The van der Waals surface area contributed by atoms with Crippen LogP contribution in [0.25, 0.3) is 11.4 Å². The summed E-state index contributed by atoms with van der Waals surface area (Å²) < 4.78 is 5.02. The minimum atomic E-state index is 0.150. The summed E-state index contributed by atoms with van der Waals surface area (Å²) in [5.41, 5.74) is 4.44. The second-order valence-electron chi connectivity index (χ2n) is 4.12. The Morgan fingerprint density at radius 1 is 1.24 bits per heavy atom. The van der Waals surface area contributed by atoms with E-state index >= 15 is 0 Å². The number of hydrogen-bond acceptors (Lipinski definition) is 4. The summed E-state index contributed by atoms with van der Waals surface area (Å²) in [7, 11) is 0. The van der Waals surface area contributed by atoms with Crippen LogP contribution in [-0.2, 0) is 6.42 Å². The van der Waals surface area contributed by atoms with Crippen LogP contribution in [-0.4, -0.2) is 10.1 Å². The van der Waals surface area contributed by atoms with E-state index in [0.29, 0.717) is 11.7 Å². The van der Waals surface area contributed by atoms with Gasteiger partial charge in [0, 0.05) is 5.56 Å². The Bertz CT molecular complexity index is 570. The first-order chi connectivity index (χ1) is 8.11. The maximum absolute atomic E-state index is 8.57. The molecule has 2 rings (SSSR count). The second-order valence-corrected chi connectivity index (χ2v) is 4.12. The molecular weight excluding hydrogens is 214 g/mol. The topological polar surface area (TPSA) is 62.7 Å². The van der Waals surface area contributed by atoms with Gasteiger partial charge in [0.25, 0.3) is 0 Å². The van der Waals surface area contributed by atoms with Crippen molar-refractivity contribution >= 4 is 0 Å². The Morgan fingerprint density at radius 2 is 1.88 bits per heavy atom. The fraction of sp³-hybridized carbons (Fsp3) is 0.308. The van der Waals surface area contributed by atoms with Crippen LogP contribution in [0, 0.1) is 32.1 Å². The number of rotatable bonds is 2. The van der Waals surface area contributed by atoms with Crippen molar-refractivity contribution in [1.29, 1.82) is 5.26 Å². The molecule has 17 heavy (non-hydrogen) atoms. The molecule has 0 aliphatic rings. The van der Waals surface area contributed by atoms with Crippen LogP contribution < -0.4 is 0 Å². The molecule has 4 nitrogen and oxygen atoms in total. The van der Waals surface area contributed by atoms with Crippen molar-refractivity contribution in [2.75, 3.05) is 0 Å². The predicted molar refractivity (Wildman–Crippen MR) is 63.3 cm³/mol. The third kappa shape index (κ3) is 2.18. The molecule has 4 heteroatoms. The van der Waals surface area contributed by atoms with Crippen molar-refractivity contribution in [2.45, 2.75) is 27.2 Å². The van der Waals surface area contributed by atoms with Gasteiger partial charge in [0.1, 0.15) is 6.42 Å². The Hall–Kier alpha value is -2.15. The quantitative estimate of drug-likeness (QED) is 0.791. The molecule has 0 saturated heterocycles. The van der Waals surface area contributed by atoms with Crippen LogP contribution in [0.5, 0.6) is 0 Å². The molecule has 0 unspecified atom stereocenters. The lowest BCUT2D eigenvalue weighted by molar-refractivity contribution is 0.388. The Labute approximate surface area is 99.9 Å². The first-order valence-corrected chi connectivity index (χ1v) is 5.39. The third-order valence-corrected chi connectivity index (χ3v) is 2.60. The molecule has 0 atom stereocenters. The van der Waals surface area contributed by atoms with Crippen molar-refractivity contribution in [2.24, 2.45) is 0 Å². The SMILES string of the molecule is Cc1cc(C)c(-c2noc(CC#N)n2)c(C)c1. The number of aromatic nitrogens is 2. The standard InChI is InChI=1S/C13H13N3O/c1-8-6-9(2)12(10(3)7-8)13-15-11(4-5-14)17-16-13/h6-7H,4H2,1-3H3. The molecule has 0 spiro atoms. The summed E-state index contributed by atoms with van der Waals surface area (Å²) >= 11 is 0. The van der Waals surface area contributed by atoms with Crippen LogP contribution in [0.2, 0.25) is 0 Å². The Morgan fingerprint density at radius 3 is 2.47 bits per heavy atom. The lowest BCUT2D eigenvalue weighted by Gasteiger charge is -2.06. The molecule has 0 fully saturated rings. The van der Waals surface area contributed by atoms with Gasteiger partial charge in [0.15, 0.2) is 0 Å². The summed E-state index contributed by atoms with van der Waals surface area (Å²) in [6, 6.07) is 6.16. The number of hydrogen-bond donors (Lipinski definition) is 0. The van der Waals surface area contributed by atoms with E-state index < -0.39 is 0 Å². The predicted octanol–water partition coefficient (Wildman–Crippen LogP) is 2.73. The fourth-order valence-electron chi connectivity index (χ4n) is 2.03. The number of aryl methyl sites for hydroxylation is 3. The lowest BCUT2D eigenvalue weighted by Crippen LogP contribution is -1.92. The Kier molecular flexibility index (Phi) is 2.92. The molecule has 1 aromatic carbocycles. The highest BCUT2D eigenvalue weighted by atomic mass is 16.5. The van der Waals surface area contributed by atoms with Crippen LogP contribution in [0.4, 0.5) is 0 Å². The minimum absolute atomic E-state index is 0.150. The molecule has 0 radical (unpaired) electrons. The van der Waals surface area contributed by atoms with E-state index in [-0.39, 0.29) is 6.42 Å². The molecule has 2 aromatic rings. The normalized spacial score (nSPS) is 10.2. The van der Waals surface area contributed by atoms with Gasteiger partial charge in [0.05, 0.1) is 6.07 Å². The zero-order chi connectivity index (χ0) is 12.4. The maximum Gasteiger partial charge on any atom is 0.241 e. The monoisotopic (exact) mass is 227 g/mol. The summed E-state index contributed by atoms with van der Waals surface area (Å²) in [5.74, 6) is 0.923. The summed E-state index contributed by atoms with van der Waals surface area (Å²) in [5, 5.41) is 12.5. The smallest absolute Gasteiger partial charge is 0.241 e. The molecular formula is C13H13N3O. The first kappa shape index (κ1) is 11.3. The highest BCUT2D eigenvalue weighted by molar-refractivity contribution is 5.64. The summed E-state index contributed by atoms with van der Waals surface area (Å²) in [6.45, 7) is 6.10. The van der Waals surface area contributed by atoms with E-state index in [0.717, 1.165) is 16.7 Å². The minimum Gasteiger partial charge on any atom is -0.338 e. The van der Waals surface area contributed by atoms with Crippen LogP contribution in [0.3, 0.4) is 0 Å². The largest absolute Gasteiger partial charge is 0.338 e. The highest BCUT2D eigenvalue weighted by Crippen LogP contribution is 2.25. The highest BCUT2D eigenvalue weighted by Gasteiger charge is 2.13.